The average Bonchev–Trinajstić information content (AvgIpc) is 2.51. The van der Waals surface area contributed by atoms with Crippen LogP contribution in [0.25, 0.3) is 10.9 Å². The first-order chi connectivity index (χ1) is 11.1. The molecule has 0 saturated carbocycles. The first-order valence-corrected chi connectivity index (χ1v) is 8.24. The van der Waals surface area contributed by atoms with Crippen molar-refractivity contribution in [3.05, 3.63) is 45.2 Å². The molecule has 0 aliphatic carbocycles. The minimum Gasteiger partial charge on any atom is -0.376 e. The average molecular weight is 315 g/mol. The Kier molecular flexibility index (Phi) is 4.80. The number of ether oxygens (including phenoxy) is 1. The number of aromatic nitrogens is 1. The number of nitrogens with zero attached hydrogens (tertiary/aromatic N) is 1. The van der Waals surface area contributed by atoms with Gasteiger partial charge in [0.25, 0.3) is 0 Å². The first kappa shape index (κ1) is 16.2. The van der Waals surface area contributed by atoms with Gasteiger partial charge in [0.05, 0.1) is 18.2 Å². The molecule has 0 bridgehead atoms. The molecule has 23 heavy (non-hydrogen) atoms. The number of nitrogens with two attached hydrogens (primary N) is 1. The van der Waals surface area contributed by atoms with Gasteiger partial charge in [0.1, 0.15) is 0 Å². The van der Waals surface area contributed by atoms with Gasteiger partial charge in [-0.15, -0.1) is 0 Å². The van der Waals surface area contributed by atoms with Crippen LogP contribution in [-0.2, 0) is 11.3 Å². The maximum atomic E-state index is 12.5. The Bertz CT molecular complexity index is 752. The molecule has 124 valence electrons. The van der Waals surface area contributed by atoms with E-state index in [-0.39, 0.29) is 11.5 Å². The third kappa shape index (κ3) is 3.47. The Morgan fingerprint density at radius 2 is 2.13 bits per heavy atom. The van der Waals surface area contributed by atoms with E-state index in [2.05, 4.69) is 16.0 Å². The van der Waals surface area contributed by atoms with Crippen LogP contribution in [0.2, 0.25) is 0 Å². The lowest BCUT2D eigenvalue weighted by Crippen LogP contribution is -2.42. The van der Waals surface area contributed by atoms with Crippen LogP contribution in [-0.4, -0.2) is 42.2 Å². The fourth-order valence-corrected chi connectivity index (χ4v) is 3.33. The lowest BCUT2D eigenvalue weighted by Gasteiger charge is -2.32. The molecule has 3 N–H and O–H groups in total. The highest BCUT2D eigenvalue weighted by atomic mass is 16.5. The van der Waals surface area contributed by atoms with Crippen molar-refractivity contribution in [1.29, 1.82) is 0 Å². The molecule has 2 heterocycles. The predicted octanol–water partition coefficient (Wildman–Crippen LogP) is 1.69. The quantitative estimate of drug-likeness (QED) is 0.901. The smallest absolute Gasteiger partial charge is 0.189 e. The third-order valence-corrected chi connectivity index (χ3v) is 4.56. The number of H-pyrrole nitrogens is 1. The summed E-state index contributed by atoms with van der Waals surface area (Å²) < 4.78 is 5.72. The molecule has 0 spiro atoms. The van der Waals surface area contributed by atoms with E-state index in [4.69, 9.17) is 10.5 Å². The predicted molar refractivity (Wildman–Crippen MR) is 92.7 cm³/mol. The lowest BCUT2D eigenvalue weighted by molar-refractivity contribution is -0.0338. The number of pyridine rings is 1. The van der Waals surface area contributed by atoms with Gasteiger partial charge in [-0.05, 0) is 37.9 Å². The third-order valence-electron chi connectivity index (χ3n) is 4.56. The fraction of sp³-hybridized carbons (Fsp3) is 0.500. The summed E-state index contributed by atoms with van der Waals surface area (Å²) in [5.74, 6) is 0. The zero-order chi connectivity index (χ0) is 16.4. The Hall–Kier alpha value is -1.69. The van der Waals surface area contributed by atoms with Crippen molar-refractivity contribution in [2.45, 2.75) is 32.9 Å². The summed E-state index contributed by atoms with van der Waals surface area (Å²) in [5, 5.41) is 0.803. The van der Waals surface area contributed by atoms with Crippen molar-refractivity contribution in [2.24, 2.45) is 5.73 Å². The van der Waals surface area contributed by atoms with Crippen LogP contribution in [0.3, 0.4) is 0 Å². The van der Waals surface area contributed by atoms with Crippen LogP contribution in [0, 0.1) is 13.8 Å². The number of hydrogen-bond acceptors (Lipinski definition) is 4. The number of aryl methyl sites for hydroxylation is 2. The van der Waals surface area contributed by atoms with Gasteiger partial charge >= 0.3 is 0 Å². The number of aromatic amines is 1. The summed E-state index contributed by atoms with van der Waals surface area (Å²) in [7, 11) is 0. The molecule has 0 radical (unpaired) electrons. The van der Waals surface area contributed by atoms with Crippen LogP contribution in [0.15, 0.2) is 23.0 Å². The van der Waals surface area contributed by atoms with Gasteiger partial charge in [0.2, 0.25) is 0 Å². The van der Waals surface area contributed by atoms with Gasteiger partial charge in [-0.1, -0.05) is 12.1 Å². The summed E-state index contributed by atoms with van der Waals surface area (Å²) in [6.45, 7) is 7.87. The van der Waals surface area contributed by atoms with E-state index in [1.165, 1.54) is 0 Å². The van der Waals surface area contributed by atoms with Crippen molar-refractivity contribution >= 4 is 10.9 Å². The molecular formula is C18H25N3O2. The monoisotopic (exact) mass is 315 g/mol. The normalized spacial score (nSPS) is 19.3. The van der Waals surface area contributed by atoms with Crippen molar-refractivity contribution in [1.82, 2.24) is 9.88 Å². The zero-order valence-electron chi connectivity index (χ0n) is 13.9. The Balaban J connectivity index is 1.86. The summed E-state index contributed by atoms with van der Waals surface area (Å²) in [5.41, 5.74) is 9.77. The summed E-state index contributed by atoms with van der Waals surface area (Å²) in [4.78, 5) is 18.3. The number of benzene rings is 1. The highest BCUT2D eigenvalue weighted by Gasteiger charge is 2.20. The molecular weight excluding hydrogens is 290 g/mol. The number of morpholine rings is 1. The SMILES string of the molecule is Cc1ccc(C)c2c(=O)cc(CN3CCO[C@@H](CCN)C3)[nH]c12. The molecule has 1 aromatic carbocycles. The van der Waals surface area contributed by atoms with Crippen LogP contribution in [0.1, 0.15) is 23.2 Å². The van der Waals surface area contributed by atoms with Crippen LogP contribution >= 0.6 is 0 Å². The molecule has 5 nitrogen and oxygen atoms in total. The van der Waals surface area contributed by atoms with E-state index < -0.39 is 0 Å². The summed E-state index contributed by atoms with van der Waals surface area (Å²) >= 11 is 0. The van der Waals surface area contributed by atoms with Crippen LogP contribution in [0.4, 0.5) is 0 Å². The van der Waals surface area contributed by atoms with E-state index >= 15 is 0 Å². The van der Waals surface area contributed by atoms with Crippen molar-refractivity contribution in [3.8, 4) is 0 Å². The number of hydrogen-bond donors (Lipinski definition) is 2. The number of rotatable bonds is 4. The van der Waals surface area contributed by atoms with Gasteiger partial charge in [-0.3, -0.25) is 9.69 Å². The van der Waals surface area contributed by atoms with E-state index in [9.17, 15) is 4.79 Å². The van der Waals surface area contributed by atoms with E-state index in [0.29, 0.717) is 6.54 Å². The lowest BCUT2D eigenvalue weighted by atomic mass is 10.0. The molecule has 0 amide bonds. The Labute approximate surface area is 136 Å². The standard InChI is InChI=1S/C18H25N3O2/c1-12-3-4-13(2)18-17(12)16(22)9-14(20-18)10-21-7-8-23-15(11-21)5-6-19/h3-4,9,15H,5-8,10-11,19H2,1-2H3,(H,20,22)/t15-/m0/s1. The number of fused-ring (bicyclic) bond motifs is 1. The molecule has 1 fully saturated rings. The second-order valence-corrected chi connectivity index (χ2v) is 6.41. The summed E-state index contributed by atoms with van der Waals surface area (Å²) in [6, 6.07) is 5.80. The highest BCUT2D eigenvalue weighted by Crippen LogP contribution is 2.18. The second kappa shape index (κ2) is 6.83. The molecule has 1 saturated heterocycles. The van der Waals surface area contributed by atoms with Gasteiger partial charge in [0, 0.05) is 36.8 Å². The van der Waals surface area contributed by atoms with Crippen LogP contribution < -0.4 is 11.2 Å². The largest absolute Gasteiger partial charge is 0.376 e. The molecule has 2 aromatic rings. The fourth-order valence-electron chi connectivity index (χ4n) is 3.33. The first-order valence-electron chi connectivity index (χ1n) is 8.24. The Morgan fingerprint density at radius 3 is 2.91 bits per heavy atom. The maximum absolute atomic E-state index is 12.5. The highest BCUT2D eigenvalue weighted by molar-refractivity contribution is 5.84. The number of nitrogens with one attached hydrogen (secondary N) is 1. The molecule has 1 aliphatic rings. The zero-order valence-corrected chi connectivity index (χ0v) is 13.9. The molecule has 3 rings (SSSR count). The molecule has 1 atom stereocenters. The molecule has 0 unspecified atom stereocenters. The molecule has 1 aliphatic heterocycles. The van der Waals surface area contributed by atoms with E-state index in [1.807, 2.05) is 19.9 Å². The van der Waals surface area contributed by atoms with E-state index in [0.717, 1.165) is 60.4 Å². The molecule has 1 aromatic heterocycles. The van der Waals surface area contributed by atoms with Crippen LogP contribution in [0.5, 0.6) is 0 Å². The Morgan fingerprint density at radius 1 is 1.35 bits per heavy atom. The maximum Gasteiger partial charge on any atom is 0.189 e. The minimum absolute atomic E-state index is 0.0988. The minimum atomic E-state index is 0.0988. The van der Waals surface area contributed by atoms with Crippen molar-refractivity contribution in [2.75, 3.05) is 26.2 Å². The second-order valence-electron chi connectivity index (χ2n) is 6.41. The van der Waals surface area contributed by atoms with Gasteiger partial charge in [0.15, 0.2) is 5.43 Å². The van der Waals surface area contributed by atoms with Crippen molar-refractivity contribution < 1.29 is 4.74 Å². The van der Waals surface area contributed by atoms with Crippen molar-refractivity contribution in [3.63, 3.8) is 0 Å². The van der Waals surface area contributed by atoms with Gasteiger partial charge in [-0.25, -0.2) is 0 Å². The molecule has 5 heteroatoms. The van der Waals surface area contributed by atoms with E-state index in [1.54, 1.807) is 6.07 Å². The van der Waals surface area contributed by atoms with Gasteiger partial charge < -0.3 is 15.5 Å². The topological polar surface area (TPSA) is 71.3 Å². The summed E-state index contributed by atoms with van der Waals surface area (Å²) in [6.07, 6.45) is 1.08. The van der Waals surface area contributed by atoms with Gasteiger partial charge in [-0.2, -0.15) is 0 Å².